The molecule has 5 nitrogen and oxygen atoms in total. The second kappa shape index (κ2) is 7.75. The second-order valence-corrected chi connectivity index (χ2v) is 8.54. The lowest BCUT2D eigenvalue weighted by atomic mass is 10.0. The zero-order chi connectivity index (χ0) is 17.0. The van der Waals surface area contributed by atoms with Crippen molar-refractivity contribution in [3.63, 3.8) is 0 Å². The molecule has 23 heavy (non-hydrogen) atoms. The van der Waals surface area contributed by atoms with Gasteiger partial charge in [0.05, 0.1) is 4.90 Å². The summed E-state index contributed by atoms with van der Waals surface area (Å²) in [4.78, 5) is 0.372. The molecule has 1 aromatic carbocycles. The Bertz CT molecular complexity index is 593. The van der Waals surface area contributed by atoms with Gasteiger partial charge in [-0.2, -0.15) is 4.31 Å². The molecular formula is C17H28N2O3S. The van der Waals surface area contributed by atoms with Crippen LogP contribution in [0.15, 0.2) is 29.2 Å². The number of piperidine rings is 1. The van der Waals surface area contributed by atoms with Crippen LogP contribution in [0.2, 0.25) is 0 Å². The number of nitrogens with one attached hydrogen (secondary N) is 1. The predicted octanol–water partition coefficient (Wildman–Crippen LogP) is 1.75. The largest absolute Gasteiger partial charge is 0.396 e. The van der Waals surface area contributed by atoms with Gasteiger partial charge in [0.2, 0.25) is 10.0 Å². The fourth-order valence-corrected chi connectivity index (χ4v) is 4.29. The molecule has 0 bridgehead atoms. The molecule has 0 saturated carbocycles. The molecule has 1 aromatic rings. The topological polar surface area (TPSA) is 69.6 Å². The van der Waals surface area contributed by atoms with Gasteiger partial charge < -0.3 is 10.4 Å². The van der Waals surface area contributed by atoms with Crippen molar-refractivity contribution in [2.75, 3.05) is 19.7 Å². The van der Waals surface area contributed by atoms with Crippen LogP contribution in [-0.2, 0) is 10.0 Å². The smallest absolute Gasteiger partial charge is 0.243 e. The van der Waals surface area contributed by atoms with E-state index in [1.807, 2.05) is 26.0 Å². The molecule has 0 aliphatic carbocycles. The van der Waals surface area contributed by atoms with Crippen LogP contribution >= 0.6 is 0 Å². The number of nitrogens with zero attached hydrogens (tertiary/aromatic N) is 1. The molecule has 0 radical (unpaired) electrons. The summed E-state index contributed by atoms with van der Waals surface area (Å²) in [5, 5.41) is 12.7. The Kier molecular flexibility index (Phi) is 6.19. The Morgan fingerprint density at radius 1 is 1.22 bits per heavy atom. The number of hydrogen-bond acceptors (Lipinski definition) is 4. The van der Waals surface area contributed by atoms with E-state index in [0.29, 0.717) is 24.0 Å². The first-order valence-electron chi connectivity index (χ1n) is 8.28. The van der Waals surface area contributed by atoms with E-state index in [2.05, 4.69) is 12.2 Å². The Morgan fingerprint density at radius 3 is 2.30 bits per heavy atom. The van der Waals surface area contributed by atoms with Gasteiger partial charge in [-0.3, -0.25) is 0 Å². The highest BCUT2D eigenvalue weighted by Crippen LogP contribution is 2.21. The standard InChI is InChI=1S/C17H28N2O3S/c1-13-4-6-17(7-5-13)23(21,22)19-10-8-16(9-11-19)18-15(3)14(2)12-20/h4-7,14-16,18,20H,8-12H2,1-3H3. The lowest BCUT2D eigenvalue weighted by Gasteiger charge is -2.34. The number of rotatable bonds is 6. The van der Waals surface area contributed by atoms with E-state index < -0.39 is 10.0 Å². The highest BCUT2D eigenvalue weighted by molar-refractivity contribution is 7.89. The van der Waals surface area contributed by atoms with Crippen LogP contribution in [0.1, 0.15) is 32.3 Å². The second-order valence-electron chi connectivity index (χ2n) is 6.61. The normalized spacial score (nSPS) is 20.3. The van der Waals surface area contributed by atoms with Gasteiger partial charge in [0.25, 0.3) is 0 Å². The third-order valence-corrected chi connectivity index (χ3v) is 6.67. The minimum atomic E-state index is -3.39. The van der Waals surface area contributed by atoms with Crippen LogP contribution in [0.4, 0.5) is 0 Å². The predicted molar refractivity (Wildman–Crippen MR) is 91.8 cm³/mol. The average Bonchev–Trinajstić information content (AvgIpc) is 2.55. The zero-order valence-electron chi connectivity index (χ0n) is 14.2. The summed E-state index contributed by atoms with van der Waals surface area (Å²) in [7, 11) is -3.39. The maximum atomic E-state index is 12.7. The molecule has 0 aromatic heterocycles. The Morgan fingerprint density at radius 2 is 1.78 bits per heavy atom. The third kappa shape index (κ3) is 4.53. The molecular weight excluding hydrogens is 312 g/mol. The number of aliphatic hydroxyl groups excluding tert-OH is 1. The third-order valence-electron chi connectivity index (χ3n) is 4.75. The molecule has 130 valence electrons. The lowest BCUT2D eigenvalue weighted by Crippen LogP contribution is -2.48. The van der Waals surface area contributed by atoms with Crippen molar-refractivity contribution in [1.29, 1.82) is 0 Å². The first-order valence-corrected chi connectivity index (χ1v) is 9.72. The summed E-state index contributed by atoms with van der Waals surface area (Å²) >= 11 is 0. The summed E-state index contributed by atoms with van der Waals surface area (Å²) in [5.74, 6) is 0.198. The number of benzene rings is 1. The van der Waals surface area contributed by atoms with Gasteiger partial charge in [-0.1, -0.05) is 24.6 Å². The van der Waals surface area contributed by atoms with Crippen molar-refractivity contribution in [1.82, 2.24) is 9.62 Å². The first kappa shape index (κ1) is 18.4. The molecule has 1 aliphatic heterocycles. The minimum absolute atomic E-state index is 0.162. The number of hydrogen-bond donors (Lipinski definition) is 2. The summed E-state index contributed by atoms with van der Waals surface area (Å²) in [5.41, 5.74) is 1.05. The van der Waals surface area contributed by atoms with Crippen molar-refractivity contribution < 1.29 is 13.5 Å². The summed E-state index contributed by atoms with van der Waals surface area (Å²) < 4.78 is 26.9. The quantitative estimate of drug-likeness (QED) is 0.828. The van der Waals surface area contributed by atoms with Crippen LogP contribution in [0.25, 0.3) is 0 Å². The molecule has 1 heterocycles. The van der Waals surface area contributed by atoms with E-state index in [-0.39, 0.29) is 18.6 Å². The van der Waals surface area contributed by atoms with E-state index in [1.54, 1.807) is 16.4 Å². The van der Waals surface area contributed by atoms with Crippen LogP contribution < -0.4 is 5.32 Å². The van der Waals surface area contributed by atoms with E-state index >= 15 is 0 Å². The van der Waals surface area contributed by atoms with Gasteiger partial charge >= 0.3 is 0 Å². The summed E-state index contributed by atoms with van der Waals surface area (Å²) in [6, 6.07) is 7.56. The first-order chi connectivity index (χ1) is 10.8. The molecule has 6 heteroatoms. The van der Waals surface area contributed by atoms with E-state index in [4.69, 9.17) is 0 Å². The molecule has 1 fully saturated rings. The summed E-state index contributed by atoms with van der Waals surface area (Å²) in [6.45, 7) is 7.25. The van der Waals surface area contributed by atoms with Crippen molar-refractivity contribution in [2.24, 2.45) is 5.92 Å². The molecule has 2 atom stereocenters. The van der Waals surface area contributed by atoms with E-state index in [0.717, 1.165) is 18.4 Å². The van der Waals surface area contributed by atoms with Gasteiger partial charge in [0, 0.05) is 31.8 Å². The Hall–Kier alpha value is -0.950. The van der Waals surface area contributed by atoms with E-state index in [1.165, 1.54) is 0 Å². The maximum Gasteiger partial charge on any atom is 0.243 e. The number of sulfonamides is 1. The van der Waals surface area contributed by atoms with Gasteiger partial charge in [-0.25, -0.2) is 8.42 Å². The molecule has 2 rings (SSSR count). The molecule has 2 N–H and O–H groups in total. The van der Waals surface area contributed by atoms with Crippen molar-refractivity contribution >= 4 is 10.0 Å². The maximum absolute atomic E-state index is 12.7. The monoisotopic (exact) mass is 340 g/mol. The molecule has 1 saturated heterocycles. The van der Waals surface area contributed by atoms with Crippen LogP contribution in [0.5, 0.6) is 0 Å². The van der Waals surface area contributed by atoms with Crippen molar-refractivity contribution in [3.05, 3.63) is 29.8 Å². The Balaban J connectivity index is 1.94. The fraction of sp³-hybridized carbons (Fsp3) is 0.647. The Labute approximate surface area is 139 Å². The van der Waals surface area contributed by atoms with Gasteiger partial charge in [0.15, 0.2) is 0 Å². The fourth-order valence-electron chi connectivity index (χ4n) is 2.82. The van der Waals surface area contributed by atoms with Gasteiger partial charge in [0.1, 0.15) is 0 Å². The van der Waals surface area contributed by atoms with Gasteiger partial charge in [-0.05, 0) is 44.7 Å². The molecule has 0 spiro atoms. The molecule has 2 unspecified atom stereocenters. The summed E-state index contributed by atoms with van der Waals surface area (Å²) in [6.07, 6.45) is 1.60. The van der Waals surface area contributed by atoms with Crippen LogP contribution in [0.3, 0.4) is 0 Å². The van der Waals surface area contributed by atoms with Gasteiger partial charge in [-0.15, -0.1) is 0 Å². The lowest BCUT2D eigenvalue weighted by molar-refractivity contribution is 0.188. The highest BCUT2D eigenvalue weighted by atomic mass is 32.2. The zero-order valence-corrected chi connectivity index (χ0v) is 15.0. The van der Waals surface area contributed by atoms with Crippen molar-refractivity contribution in [2.45, 2.75) is 50.6 Å². The highest BCUT2D eigenvalue weighted by Gasteiger charge is 2.30. The number of aryl methyl sites for hydroxylation is 1. The van der Waals surface area contributed by atoms with Crippen LogP contribution in [-0.4, -0.2) is 49.6 Å². The molecule has 1 aliphatic rings. The SMILES string of the molecule is Cc1ccc(S(=O)(=O)N2CCC(NC(C)C(C)CO)CC2)cc1. The van der Waals surface area contributed by atoms with Crippen molar-refractivity contribution in [3.8, 4) is 0 Å². The van der Waals surface area contributed by atoms with E-state index in [9.17, 15) is 13.5 Å². The average molecular weight is 340 g/mol. The van der Waals surface area contributed by atoms with Crippen LogP contribution in [0, 0.1) is 12.8 Å². The minimum Gasteiger partial charge on any atom is -0.396 e. The number of aliphatic hydroxyl groups is 1. The molecule has 0 amide bonds.